The zero-order valence-corrected chi connectivity index (χ0v) is 41.7. The van der Waals surface area contributed by atoms with Gasteiger partial charge in [-0.3, -0.25) is 29.3 Å². The van der Waals surface area contributed by atoms with E-state index in [1.54, 1.807) is 56.1 Å². The summed E-state index contributed by atoms with van der Waals surface area (Å²) in [6, 6.07) is 14.1. The van der Waals surface area contributed by atoms with Crippen LogP contribution >= 0.6 is 0 Å². The van der Waals surface area contributed by atoms with Crippen molar-refractivity contribution in [2.75, 3.05) is 27.2 Å². The highest BCUT2D eigenvalue weighted by atomic mass is 16.7. The Morgan fingerprint density at radius 1 is 1.00 bits per heavy atom. The fourth-order valence-corrected chi connectivity index (χ4v) is 11.1. The average Bonchev–Trinajstić information content (AvgIpc) is 3.58. The molecule has 0 spiro atoms. The van der Waals surface area contributed by atoms with E-state index in [-0.39, 0.29) is 37.2 Å². The summed E-state index contributed by atoms with van der Waals surface area (Å²) in [7, 11) is 3.42. The van der Waals surface area contributed by atoms with Crippen LogP contribution in [0.2, 0.25) is 0 Å². The molecule has 3 aromatic rings. The van der Waals surface area contributed by atoms with Crippen molar-refractivity contribution in [2.24, 2.45) is 23.7 Å². The van der Waals surface area contributed by atoms with Crippen LogP contribution in [0.25, 0.3) is 10.9 Å². The van der Waals surface area contributed by atoms with Crippen molar-refractivity contribution >= 4 is 34.7 Å². The molecule has 15 nitrogen and oxygen atoms in total. The lowest BCUT2D eigenvalue weighted by Gasteiger charge is -2.48. The van der Waals surface area contributed by atoms with Crippen molar-refractivity contribution in [3.8, 4) is 0 Å². The number of carbonyl (C=O) groups excluding carboxylic acids is 4. The first-order valence-electron chi connectivity index (χ1n) is 24.4. The molecule has 2 aromatic heterocycles. The number of benzene rings is 1. The molecule has 1 amide bonds. The van der Waals surface area contributed by atoms with E-state index in [1.165, 1.54) is 7.11 Å². The molecule has 15 heteroatoms. The fraction of sp³-hybridized carbons (Fsp3) is 0.623. The first kappa shape index (κ1) is 52.6. The van der Waals surface area contributed by atoms with Crippen LogP contribution in [0.3, 0.4) is 0 Å². The van der Waals surface area contributed by atoms with E-state index in [0.717, 1.165) is 29.3 Å². The number of aryl methyl sites for hydroxylation is 1. The molecule has 1 N–H and O–H groups in total. The molecular weight excluding hydrogens is 869 g/mol. The number of unbranched alkanes of at least 4 members (excludes halogenated alkanes) is 1. The van der Waals surface area contributed by atoms with E-state index in [0.29, 0.717) is 31.6 Å². The van der Waals surface area contributed by atoms with Gasteiger partial charge in [-0.2, -0.15) is 0 Å². The highest BCUT2D eigenvalue weighted by Gasteiger charge is 2.60. The number of nitrogens with zero attached hydrogens (tertiary/aromatic N) is 4. The molecule has 1 aromatic carbocycles. The van der Waals surface area contributed by atoms with E-state index in [4.69, 9.17) is 28.4 Å². The van der Waals surface area contributed by atoms with Crippen LogP contribution in [0.5, 0.6) is 0 Å². The highest BCUT2D eigenvalue weighted by Crippen LogP contribution is 2.44. The number of fused-ring (bicyclic) bond motifs is 2. The lowest BCUT2D eigenvalue weighted by atomic mass is 9.73. The molecule has 0 saturated carbocycles. The Morgan fingerprint density at radius 2 is 1.74 bits per heavy atom. The predicted molar refractivity (Wildman–Crippen MR) is 256 cm³/mol. The van der Waals surface area contributed by atoms with E-state index in [2.05, 4.69) is 22.6 Å². The summed E-state index contributed by atoms with van der Waals surface area (Å²) in [6.07, 6.45) is 1.56. The largest absolute Gasteiger partial charge is 0.461 e. The van der Waals surface area contributed by atoms with Crippen LogP contribution in [-0.4, -0.2) is 136 Å². The van der Waals surface area contributed by atoms with Crippen molar-refractivity contribution in [2.45, 2.75) is 160 Å². The number of Topliss-reactive ketones (excluding diaryl/α,β-unsaturated/α-hetero) is 1. The van der Waals surface area contributed by atoms with Crippen LogP contribution in [0.4, 0.5) is 4.79 Å². The first-order chi connectivity index (χ1) is 32.4. The zero-order valence-electron chi connectivity index (χ0n) is 41.7. The normalized spacial score (nSPS) is 33.9. The van der Waals surface area contributed by atoms with E-state index < -0.39 is 89.7 Å². The maximum atomic E-state index is 15.1. The minimum atomic E-state index is -1.44. The zero-order chi connectivity index (χ0) is 49.5. The van der Waals surface area contributed by atoms with Crippen molar-refractivity contribution in [1.82, 2.24) is 19.8 Å². The van der Waals surface area contributed by atoms with Gasteiger partial charge >= 0.3 is 18.0 Å². The summed E-state index contributed by atoms with van der Waals surface area (Å²) in [5, 5.41) is 13.0. The van der Waals surface area contributed by atoms with Gasteiger partial charge in [0.15, 0.2) is 11.9 Å². The quantitative estimate of drug-likeness (QED) is 0.0695. The lowest BCUT2D eigenvalue weighted by Crippen LogP contribution is -2.61. The van der Waals surface area contributed by atoms with Crippen molar-refractivity contribution in [3.05, 3.63) is 84.8 Å². The van der Waals surface area contributed by atoms with Gasteiger partial charge in [-0.15, -0.1) is 6.58 Å². The Bertz CT molecular complexity index is 2210. The summed E-state index contributed by atoms with van der Waals surface area (Å²) in [4.78, 5) is 70.4. The molecule has 3 aliphatic heterocycles. The second kappa shape index (κ2) is 22.7. The van der Waals surface area contributed by atoms with Gasteiger partial charge in [-0.1, -0.05) is 58.0 Å². The summed E-state index contributed by atoms with van der Waals surface area (Å²) in [6.45, 7) is 19.1. The molecule has 3 fully saturated rings. The summed E-state index contributed by atoms with van der Waals surface area (Å²) < 4.78 is 38.8. The van der Waals surface area contributed by atoms with Gasteiger partial charge in [-0.25, -0.2) is 4.79 Å². The molecule has 6 rings (SSSR count). The molecular formula is C53H74N4O11. The number of hydrogen-bond acceptors (Lipinski definition) is 14. The van der Waals surface area contributed by atoms with Crippen LogP contribution in [0, 0.1) is 23.7 Å². The van der Waals surface area contributed by atoms with Crippen molar-refractivity contribution in [1.29, 1.82) is 0 Å². The number of aliphatic hydroxyl groups excluding tert-OH is 1. The molecule has 3 aliphatic rings. The Morgan fingerprint density at radius 3 is 2.43 bits per heavy atom. The van der Waals surface area contributed by atoms with Crippen LogP contribution in [-0.2, 0) is 55.6 Å². The van der Waals surface area contributed by atoms with E-state index in [1.807, 2.05) is 77.0 Å². The fourth-order valence-electron chi connectivity index (χ4n) is 11.1. The molecule has 0 unspecified atom stereocenters. The number of aromatic nitrogens is 2. The SMILES string of the molecule is C=CCN(C)[C@@H]1C[C@H](C)O[C@H](O[C@@H]2[C@@H](C)[C@H](OC(=O)Cc3ccccn3)[C@@H](C)C(=O)O[C@H](CC)[C@@]3(C)OC(=O)N(CCCCc4ccnc5ccccc45)[C@@H]3[C@@H](C)C(=O)[C@H](C)C[C@@]2(C)OC)[C@H]1O. The molecule has 68 heavy (non-hydrogen) atoms. The minimum Gasteiger partial charge on any atom is -0.461 e. The highest BCUT2D eigenvalue weighted by molar-refractivity contribution is 5.85. The third kappa shape index (κ3) is 11.4. The smallest absolute Gasteiger partial charge is 0.410 e. The van der Waals surface area contributed by atoms with E-state index >= 15 is 4.79 Å². The van der Waals surface area contributed by atoms with Crippen LogP contribution in [0.15, 0.2) is 73.6 Å². The summed E-state index contributed by atoms with van der Waals surface area (Å²) in [5.74, 6) is -4.87. The van der Waals surface area contributed by atoms with Crippen LogP contribution in [0.1, 0.15) is 98.8 Å². The summed E-state index contributed by atoms with van der Waals surface area (Å²) in [5.41, 5.74) is -0.198. The number of methoxy groups -OCH3 is 1. The van der Waals surface area contributed by atoms with Gasteiger partial charge in [0.1, 0.15) is 24.1 Å². The number of cyclic esters (lactones) is 1. The number of rotatable bonds is 15. The Hall–Kier alpha value is -4.80. The van der Waals surface area contributed by atoms with Gasteiger partial charge in [-0.05, 0) is 103 Å². The Balaban J connectivity index is 1.37. The van der Waals surface area contributed by atoms with E-state index in [9.17, 15) is 19.5 Å². The number of aliphatic hydroxyl groups is 1. The molecule has 3 saturated heterocycles. The minimum absolute atomic E-state index is 0.114. The maximum Gasteiger partial charge on any atom is 0.410 e. The molecule has 0 radical (unpaired) electrons. The molecule has 0 aliphatic carbocycles. The molecule has 0 bridgehead atoms. The third-order valence-electron chi connectivity index (χ3n) is 14.8. The monoisotopic (exact) mass is 943 g/mol. The maximum absolute atomic E-state index is 15.1. The number of ketones is 1. The topological polar surface area (TPSA) is 176 Å². The number of amides is 1. The van der Waals surface area contributed by atoms with Gasteiger partial charge in [0.05, 0.1) is 47.4 Å². The number of para-hydroxylation sites is 1. The second-order valence-electron chi connectivity index (χ2n) is 19.8. The first-order valence-corrected chi connectivity index (χ1v) is 24.4. The van der Waals surface area contributed by atoms with Gasteiger partial charge < -0.3 is 38.4 Å². The Kier molecular flexibility index (Phi) is 17.6. The number of likely N-dealkylation sites (N-methyl/N-ethyl adjacent to an activating group) is 1. The van der Waals surface area contributed by atoms with Gasteiger partial charge in [0, 0.05) is 61.8 Å². The average molecular weight is 943 g/mol. The number of esters is 2. The molecule has 372 valence electrons. The number of pyridine rings is 2. The van der Waals surface area contributed by atoms with Crippen LogP contribution < -0.4 is 0 Å². The lowest BCUT2D eigenvalue weighted by molar-refractivity contribution is -0.302. The van der Waals surface area contributed by atoms with Gasteiger partial charge in [0.25, 0.3) is 0 Å². The number of ether oxygens (including phenoxy) is 6. The second-order valence-corrected chi connectivity index (χ2v) is 19.8. The number of hydrogen-bond donors (Lipinski definition) is 1. The van der Waals surface area contributed by atoms with Crippen molar-refractivity contribution in [3.63, 3.8) is 0 Å². The molecule has 14 atom stereocenters. The molecule has 5 heterocycles. The predicted octanol–water partition coefficient (Wildman–Crippen LogP) is 7.30. The van der Waals surface area contributed by atoms with Crippen molar-refractivity contribution < 1.29 is 52.7 Å². The van der Waals surface area contributed by atoms with Gasteiger partial charge in [0.2, 0.25) is 0 Å². The Labute approximate surface area is 402 Å². The summed E-state index contributed by atoms with van der Waals surface area (Å²) >= 11 is 0. The number of carbonyl (C=O) groups is 4. The standard InChI is InChI=1S/C53H74N4O11/c1-12-27-56(10)41-29-33(4)64-50(45(41)60)67-48-35(6)46(66-43(58)30-38-21-16-18-25-54-38)36(7)49(61)65-42(13-2)53(9)47(34(5)44(59)32(3)31-52(48,8)63-11)57(51(62)68-53)28-19-17-20-37-24-26-55-40-23-15-14-22-39(37)40/h12,14-16,18,21-26,32-36,41-42,45-48,50,60H,1,13,17,19-20,27-31H2,2-11H3/t32-,33+,34+,35+,36-,41-,42-,45+,46+,47-,48-,50-,52-,53-/m1/s1. The third-order valence-corrected chi connectivity index (χ3v) is 14.8.